The molecule has 1 heterocycles. The minimum Gasteiger partial charge on any atom is -0.313 e. The summed E-state index contributed by atoms with van der Waals surface area (Å²) < 4.78 is 0. The van der Waals surface area contributed by atoms with Gasteiger partial charge in [0, 0.05) is 22.6 Å². The van der Waals surface area contributed by atoms with E-state index in [0.29, 0.717) is 10.0 Å². The number of benzene rings is 1. The fourth-order valence-electron chi connectivity index (χ4n) is 3.00. The highest BCUT2D eigenvalue weighted by atomic mass is 35.5. The molecule has 0 aliphatic heterocycles. The van der Waals surface area contributed by atoms with Gasteiger partial charge >= 0.3 is 0 Å². The number of hydrogen-bond donors (Lipinski definition) is 1. The molecule has 3 rings (SSSR count). The standard InChI is InChI=1S/C16H18Cl2N2/c1-2-6-19-9-12-11-4-3-5-14(11)20-15-8-10(17)7-13(18)16(12)15/h7-8,19H,2-6,9H2,1H3. The van der Waals surface area contributed by atoms with Crippen LogP contribution in [0.25, 0.3) is 10.9 Å². The van der Waals surface area contributed by atoms with E-state index in [4.69, 9.17) is 28.2 Å². The Morgan fingerprint density at radius 3 is 2.90 bits per heavy atom. The first-order valence-corrected chi connectivity index (χ1v) is 7.96. The number of halogens is 2. The molecule has 0 saturated heterocycles. The highest BCUT2D eigenvalue weighted by molar-refractivity contribution is 6.38. The summed E-state index contributed by atoms with van der Waals surface area (Å²) in [4.78, 5) is 4.77. The second-order valence-electron chi connectivity index (χ2n) is 5.33. The summed E-state index contributed by atoms with van der Waals surface area (Å²) in [7, 11) is 0. The molecule has 4 heteroatoms. The van der Waals surface area contributed by atoms with Crippen LogP contribution in [0.15, 0.2) is 12.1 Å². The summed E-state index contributed by atoms with van der Waals surface area (Å²) in [6.45, 7) is 4.05. The quantitative estimate of drug-likeness (QED) is 0.839. The fourth-order valence-corrected chi connectivity index (χ4v) is 3.60. The summed E-state index contributed by atoms with van der Waals surface area (Å²) in [6, 6.07) is 3.74. The van der Waals surface area contributed by atoms with Crippen LogP contribution >= 0.6 is 23.2 Å². The molecule has 1 aromatic heterocycles. The molecule has 1 aliphatic rings. The minimum atomic E-state index is 0.653. The largest absolute Gasteiger partial charge is 0.313 e. The first-order chi connectivity index (χ1) is 9.70. The van der Waals surface area contributed by atoms with Crippen LogP contribution in [0.1, 0.15) is 36.6 Å². The Bertz CT molecular complexity index is 653. The van der Waals surface area contributed by atoms with Crippen molar-refractivity contribution in [3.05, 3.63) is 39.0 Å². The van der Waals surface area contributed by atoms with Gasteiger partial charge in [-0.2, -0.15) is 0 Å². The minimum absolute atomic E-state index is 0.653. The molecule has 0 unspecified atom stereocenters. The molecule has 0 bridgehead atoms. The van der Waals surface area contributed by atoms with Crippen LogP contribution < -0.4 is 5.32 Å². The number of aromatic nitrogens is 1. The topological polar surface area (TPSA) is 24.9 Å². The number of hydrogen-bond acceptors (Lipinski definition) is 2. The lowest BCUT2D eigenvalue weighted by Gasteiger charge is -2.14. The van der Waals surface area contributed by atoms with Crippen LogP contribution in [0.3, 0.4) is 0 Å². The summed E-state index contributed by atoms with van der Waals surface area (Å²) in [5, 5.41) is 5.93. The first-order valence-electron chi connectivity index (χ1n) is 7.20. The van der Waals surface area contributed by atoms with Crippen molar-refractivity contribution in [3.8, 4) is 0 Å². The van der Waals surface area contributed by atoms with Crippen molar-refractivity contribution < 1.29 is 0 Å². The lowest BCUT2D eigenvalue weighted by atomic mass is 10.0. The Morgan fingerprint density at radius 1 is 1.25 bits per heavy atom. The van der Waals surface area contributed by atoms with E-state index in [-0.39, 0.29) is 0 Å². The molecule has 0 saturated carbocycles. The van der Waals surface area contributed by atoms with E-state index >= 15 is 0 Å². The molecular formula is C16H18Cl2N2. The van der Waals surface area contributed by atoms with Gasteiger partial charge in [0.1, 0.15) is 0 Å². The van der Waals surface area contributed by atoms with Crippen LogP contribution in [-0.2, 0) is 19.4 Å². The fraction of sp³-hybridized carbons (Fsp3) is 0.438. The molecule has 0 radical (unpaired) electrons. The maximum absolute atomic E-state index is 6.43. The molecule has 0 fully saturated rings. The summed E-state index contributed by atoms with van der Waals surface area (Å²) in [5.41, 5.74) is 4.86. The smallest absolute Gasteiger partial charge is 0.0738 e. The average molecular weight is 309 g/mol. The van der Waals surface area contributed by atoms with E-state index in [1.807, 2.05) is 12.1 Å². The lowest BCUT2D eigenvalue weighted by Crippen LogP contribution is -2.16. The van der Waals surface area contributed by atoms with Crippen molar-refractivity contribution in [3.63, 3.8) is 0 Å². The third-order valence-corrected chi connectivity index (χ3v) is 4.39. The van der Waals surface area contributed by atoms with Gasteiger partial charge in [-0.1, -0.05) is 30.1 Å². The number of nitrogens with one attached hydrogen (secondary N) is 1. The van der Waals surface area contributed by atoms with E-state index in [1.165, 1.54) is 23.2 Å². The van der Waals surface area contributed by atoms with Crippen molar-refractivity contribution in [2.75, 3.05) is 6.54 Å². The third-order valence-electron chi connectivity index (χ3n) is 3.87. The Kier molecular flexibility index (Phi) is 4.16. The van der Waals surface area contributed by atoms with E-state index < -0.39 is 0 Å². The predicted octanol–water partition coefficient (Wildman–Crippen LogP) is 4.53. The highest BCUT2D eigenvalue weighted by Gasteiger charge is 2.20. The first kappa shape index (κ1) is 14.1. The van der Waals surface area contributed by atoms with Gasteiger partial charge in [-0.25, -0.2) is 0 Å². The normalized spacial score (nSPS) is 13.9. The number of nitrogens with zero attached hydrogens (tertiary/aromatic N) is 1. The lowest BCUT2D eigenvalue weighted by molar-refractivity contribution is 0.674. The van der Waals surface area contributed by atoms with E-state index in [9.17, 15) is 0 Å². The zero-order chi connectivity index (χ0) is 14.1. The molecule has 106 valence electrons. The Balaban J connectivity index is 2.17. The van der Waals surface area contributed by atoms with E-state index in [2.05, 4.69) is 12.2 Å². The highest BCUT2D eigenvalue weighted by Crippen LogP contribution is 2.35. The van der Waals surface area contributed by atoms with Crippen LogP contribution in [0.5, 0.6) is 0 Å². The van der Waals surface area contributed by atoms with Crippen LogP contribution in [0, 0.1) is 0 Å². The molecule has 0 amide bonds. The SMILES string of the molecule is CCCNCc1c2c(nc3cc(Cl)cc(Cl)c13)CCC2. The Hall–Kier alpha value is -0.830. The maximum atomic E-state index is 6.43. The monoisotopic (exact) mass is 308 g/mol. The number of aryl methyl sites for hydroxylation is 1. The van der Waals surface area contributed by atoms with Crippen molar-refractivity contribution in [2.45, 2.75) is 39.2 Å². The van der Waals surface area contributed by atoms with Gasteiger partial charge in [0.05, 0.1) is 10.5 Å². The van der Waals surface area contributed by atoms with Crippen molar-refractivity contribution >= 4 is 34.1 Å². The average Bonchev–Trinajstić information content (AvgIpc) is 2.85. The molecule has 0 atom stereocenters. The van der Waals surface area contributed by atoms with E-state index in [0.717, 1.165) is 43.3 Å². The number of pyridine rings is 1. The molecular weight excluding hydrogens is 291 g/mol. The third kappa shape index (κ3) is 2.52. The van der Waals surface area contributed by atoms with Crippen LogP contribution in [0.2, 0.25) is 10.0 Å². The van der Waals surface area contributed by atoms with Gasteiger partial charge in [-0.05, 0) is 55.5 Å². The molecule has 1 aromatic carbocycles. The maximum Gasteiger partial charge on any atom is 0.0738 e. The van der Waals surface area contributed by atoms with Gasteiger partial charge in [0.25, 0.3) is 0 Å². The zero-order valence-electron chi connectivity index (χ0n) is 11.6. The van der Waals surface area contributed by atoms with Gasteiger partial charge in [0.15, 0.2) is 0 Å². The van der Waals surface area contributed by atoms with E-state index in [1.54, 1.807) is 0 Å². The van der Waals surface area contributed by atoms with Gasteiger partial charge in [-0.3, -0.25) is 4.98 Å². The van der Waals surface area contributed by atoms with Gasteiger partial charge in [-0.15, -0.1) is 0 Å². The molecule has 0 spiro atoms. The van der Waals surface area contributed by atoms with Crippen LogP contribution in [-0.4, -0.2) is 11.5 Å². The molecule has 1 aliphatic carbocycles. The summed E-state index contributed by atoms with van der Waals surface area (Å²) in [5.74, 6) is 0. The zero-order valence-corrected chi connectivity index (χ0v) is 13.1. The summed E-state index contributed by atoms with van der Waals surface area (Å²) in [6.07, 6.45) is 4.49. The predicted molar refractivity (Wildman–Crippen MR) is 85.8 cm³/mol. The molecule has 2 nitrogen and oxygen atoms in total. The molecule has 20 heavy (non-hydrogen) atoms. The van der Waals surface area contributed by atoms with Gasteiger partial charge < -0.3 is 5.32 Å². The number of fused-ring (bicyclic) bond motifs is 2. The van der Waals surface area contributed by atoms with Crippen molar-refractivity contribution in [1.29, 1.82) is 0 Å². The second-order valence-corrected chi connectivity index (χ2v) is 6.17. The molecule has 1 N–H and O–H groups in total. The summed E-state index contributed by atoms with van der Waals surface area (Å²) >= 11 is 12.5. The number of rotatable bonds is 4. The Morgan fingerprint density at radius 2 is 2.10 bits per heavy atom. The van der Waals surface area contributed by atoms with Crippen LogP contribution in [0.4, 0.5) is 0 Å². The van der Waals surface area contributed by atoms with Crippen molar-refractivity contribution in [1.82, 2.24) is 10.3 Å². The second kappa shape index (κ2) is 5.88. The molecule has 2 aromatic rings. The van der Waals surface area contributed by atoms with Gasteiger partial charge in [0.2, 0.25) is 0 Å². The van der Waals surface area contributed by atoms with Crippen molar-refractivity contribution in [2.24, 2.45) is 0 Å². The Labute approximate surface area is 129 Å².